The molecular weight excluding hydrogens is 345 g/mol. The zero-order chi connectivity index (χ0) is 18.0. The van der Waals surface area contributed by atoms with Crippen molar-refractivity contribution in [3.63, 3.8) is 0 Å². The fourth-order valence-electron chi connectivity index (χ4n) is 2.74. The molecule has 1 aliphatic heterocycles. The van der Waals surface area contributed by atoms with Gasteiger partial charge in [-0.2, -0.15) is 18.4 Å². The third-order valence-corrected chi connectivity index (χ3v) is 4.73. The number of hydrogen-bond acceptors (Lipinski definition) is 5. The normalized spacial score (nSPS) is 19.7. The Morgan fingerprint density at radius 3 is 2.67 bits per heavy atom. The smallest absolute Gasteiger partial charge is 0.421 e. The molecule has 1 aromatic rings. The first kappa shape index (κ1) is 18.5. The molecule has 0 unspecified atom stereocenters. The minimum atomic E-state index is -4.77. The van der Waals surface area contributed by atoms with E-state index in [4.69, 9.17) is 10.00 Å². The van der Waals surface area contributed by atoms with E-state index in [2.05, 4.69) is 5.32 Å². The van der Waals surface area contributed by atoms with Gasteiger partial charge in [-0.25, -0.2) is 8.42 Å². The summed E-state index contributed by atoms with van der Waals surface area (Å²) in [4.78, 5) is 0. The molecule has 1 aromatic carbocycles. The standard InChI is InChI=1S/C15H17F3N2O3S/c1-24(21,22)9-13(11-5-6-20-8-11)23-12-4-2-3-10(7-19)14(12)15(16,17)18/h2-4,11,13,20H,5-6,8-9H2,1H3/t11-,13-/m1/s1. The molecule has 0 bridgehead atoms. The van der Waals surface area contributed by atoms with Gasteiger partial charge >= 0.3 is 6.18 Å². The summed E-state index contributed by atoms with van der Waals surface area (Å²) >= 11 is 0. The second-order valence-corrected chi connectivity index (χ2v) is 7.97. The first-order valence-corrected chi connectivity index (χ1v) is 9.33. The third kappa shape index (κ3) is 4.61. The maximum absolute atomic E-state index is 13.3. The van der Waals surface area contributed by atoms with Gasteiger partial charge in [-0.05, 0) is 25.1 Å². The monoisotopic (exact) mass is 362 g/mol. The van der Waals surface area contributed by atoms with Gasteiger partial charge < -0.3 is 10.1 Å². The van der Waals surface area contributed by atoms with Crippen LogP contribution in [0, 0.1) is 17.2 Å². The molecule has 2 rings (SSSR count). The molecule has 1 saturated heterocycles. The van der Waals surface area contributed by atoms with Gasteiger partial charge in [0.2, 0.25) is 0 Å². The zero-order valence-corrected chi connectivity index (χ0v) is 13.7. The number of nitrogens with one attached hydrogen (secondary N) is 1. The van der Waals surface area contributed by atoms with E-state index in [0.717, 1.165) is 18.4 Å². The fraction of sp³-hybridized carbons (Fsp3) is 0.533. The predicted molar refractivity (Wildman–Crippen MR) is 81.3 cm³/mol. The first-order chi connectivity index (χ1) is 11.1. The number of hydrogen-bond donors (Lipinski definition) is 1. The summed E-state index contributed by atoms with van der Waals surface area (Å²) in [5, 5.41) is 12.0. The number of sulfone groups is 1. The molecule has 24 heavy (non-hydrogen) atoms. The molecule has 9 heteroatoms. The van der Waals surface area contributed by atoms with Gasteiger partial charge in [0, 0.05) is 18.7 Å². The van der Waals surface area contributed by atoms with E-state index in [0.29, 0.717) is 19.5 Å². The van der Waals surface area contributed by atoms with E-state index in [9.17, 15) is 21.6 Å². The number of nitrogens with zero attached hydrogens (tertiary/aromatic N) is 1. The lowest BCUT2D eigenvalue weighted by Crippen LogP contribution is -2.35. The van der Waals surface area contributed by atoms with Gasteiger partial charge in [-0.1, -0.05) is 6.07 Å². The van der Waals surface area contributed by atoms with Gasteiger partial charge in [0.25, 0.3) is 0 Å². The van der Waals surface area contributed by atoms with Crippen LogP contribution in [-0.2, 0) is 16.0 Å². The van der Waals surface area contributed by atoms with Crippen LogP contribution >= 0.6 is 0 Å². The Bertz CT molecular complexity index is 735. The Balaban J connectivity index is 2.40. The summed E-state index contributed by atoms with van der Waals surface area (Å²) in [6.07, 6.45) is -4.06. The average Bonchev–Trinajstić information content (AvgIpc) is 2.97. The van der Waals surface area contributed by atoms with Crippen LogP contribution in [0.3, 0.4) is 0 Å². The summed E-state index contributed by atoms with van der Waals surface area (Å²) in [5.41, 5.74) is -1.72. The third-order valence-electron chi connectivity index (χ3n) is 3.80. The van der Waals surface area contributed by atoms with Crippen LogP contribution in [-0.4, -0.2) is 39.6 Å². The van der Waals surface area contributed by atoms with Gasteiger partial charge in [0.1, 0.15) is 17.4 Å². The van der Waals surface area contributed by atoms with Crippen molar-refractivity contribution in [2.45, 2.75) is 18.7 Å². The van der Waals surface area contributed by atoms with Gasteiger partial charge in [0.05, 0.1) is 17.4 Å². The number of benzene rings is 1. The van der Waals surface area contributed by atoms with Crippen LogP contribution in [0.1, 0.15) is 17.5 Å². The van der Waals surface area contributed by atoms with E-state index < -0.39 is 39.0 Å². The van der Waals surface area contributed by atoms with Crippen LogP contribution in [0.15, 0.2) is 18.2 Å². The molecule has 5 nitrogen and oxygen atoms in total. The topological polar surface area (TPSA) is 79.2 Å². The lowest BCUT2D eigenvalue weighted by atomic mass is 10.0. The molecule has 0 saturated carbocycles. The highest BCUT2D eigenvalue weighted by Crippen LogP contribution is 2.39. The minimum Gasteiger partial charge on any atom is -0.488 e. The van der Waals surface area contributed by atoms with Crippen molar-refractivity contribution in [1.82, 2.24) is 5.32 Å². The van der Waals surface area contributed by atoms with Crippen molar-refractivity contribution in [1.29, 1.82) is 5.26 Å². The number of ether oxygens (including phenoxy) is 1. The van der Waals surface area contributed by atoms with Crippen molar-refractivity contribution in [2.24, 2.45) is 5.92 Å². The molecule has 0 radical (unpaired) electrons. The summed E-state index contributed by atoms with van der Waals surface area (Å²) in [6.45, 7) is 1.12. The molecule has 1 N–H and O–H groups in total. The van der Waals surface area contributed by atoms with Crippen molar-refractivity contribution < 1.29 is 26.3 Å². The van der Waals surface area contributed by atoms with Crippen molar-refractivity contribution in [3.05, 3.63) is 29.3 Å². The Kier molecular flexibility index (Phi) is 5.40. The largest absolute Gasteiger partial charge is 0.488 e. The van der Waals surface area contributed by atoms with E-state index in [1.807, 2.05) is 0 Å². The van der Waals surface area contributed by atoms with E-state index in [-0.39, 0.29) is 11.7 Å². The van der Waals surface area contributed by atoms with Crippen LogP contribution in [0.2, 0.25) is 0 Å². The highest BCUT2D eigenvalue weighted by molar-refractivity contribution is 7.90. The second kappa shape index (κ2) is 6.99. The molecule has 1 aliphatic rings. The van der Waals surface area contributed by atoms with Crippen molar-refractivity contribution in [2.75, 3.05) is 25.1 Å². The Morgan fingerprint density at radius 2 is 2.17 bits per heavy atom. The van der Waals surface area contributed by atoms with Crippen LogP contribution in [0.4, 0.5) is 13.2 Å². The molecule has 132 valence electrons. The first-order valence-electron chi connectivity index (χ1n) is 7.27. The maximum Gasteiger partial charge on any atom is 0.421 e. The van der Waals surface area contributed by atoms with E-state index >= 15 is 0 Å². The molecule has 0 aliphatic carbocycles. The second-order valence-electron chi connectivity index (χ2n) is 5.79. The molecule has 2 atom stereocenters. The maximum atomic E-state index is 13.3. The summed E-state index contributed by atoms with van der Waals surface area (Å²) in [6, 6.07) is 4.95. The minimum absolute atomic E-state index is 0.216. The SMILES string of the molecule is CS(=O)(=O)C[C@@H](Oc1cccc(C#N)c1C(F)(F)F)[C@@H]1CCNC1. The van der Waals surface area contributed by atoms with Gasteiger partial charge in [-0.3, -0.25) is 0 Å². The summed E-state index contributed by atoms with van der Waals surface area (Å²) in [7, 11) is -3.44. The summed E-state index contributed by atoms with van der Waals surface area (Å²) < 4.78 is 68.6. The number of alkyl halides is 3. The molecular formula is C15H17F3N2O3S. The van der Waals surface area contributed by atoms with Crippen LogP contribution in [0.5, 0.6) is 5.75 Å². The van der Waals surface area contributed by atoms with E-state index in [1.54, 1.807) is 0 Å². The lowest BCUT2D eigenvalue weighted by molar-refractivity contribution is -0.139. The molecule has 1 fully saturated rings. The molecule has 0 spiro atoms. The van der Waals surface area contributed by atoms with Gasteiger partial charge in [0.15, 0.2) is 9.84 Å². The highest BCUT2D eigenvalue weighted by Gasteiger charge is 2.39. The Labute approximate surface area is 138 Å². The van der Waals surface area contributed by atoms with E-state index in [1.165, 1.54) is 12.1 Å². The molecule has 0 aromatic heterocycles. The highest BCUT2D eigenvalue weighted by atomic mass is 32.2. The van der Waals surface area contributed by atoms with Crippen molar-refractivity contribution >= 4 is 9.84 Å². The molecule has 0 amide bonds. The number of nitriles is 1. The molecule has 1 heterocycles. The number of rotatable bonds is 5. The predicted octanol–water partition coefficient (Wildman–Crippen LogP) is 1.98. The Morgan fingerprint density at radius 1 is 1.46 bits per heavy atom. The number of halogens is 3. The summed E-state index contributed by atoms with van der Waals surface area (Å²) in [5.74, 6) is -1.11. The van der Waals surface area contributed by atoms with Gasteiger partial charge in [-0.15, -0.1) is 0 Å². The van der Waals surface area contributed by atoms with Crippen LogP contribution in [0.25, 0.3) is 0 Å². The fourth-order valence-corrected chi connectivity index (χ4v) is 3.67. The quantitative estimate of drug-likeness (QED) is 0.866. The zero-order valence-electron chi connectivity index (χ0n) is 12.9. The van der Waals surface area contributed by atoms with Crippen molar-refractivity contribution in [3.8, 4) is 11.8 Å². The Hall–Kier alpha value is -1.79. The average molecular weight is 362 g/mol. The lowest BCUT2D eigenvalue weighted by Gasteiger charge is -2.25. The van der Waals surface area contributed by atoms with Crippen LogP contribution < -0.4 is 10.1 Å².